The van der Waals surface area contributed by atoms with E-state index in [4.69, 9.17) is 85.3 Å². The molecule has 0 saturated carbocycles. The van der Waals surface area contributed by atoms with Gasteiger partial charge in [0.05, 0.1) is 90.2 Å². The molecule has 0 spiro atoms. The van der Waals surface area contributed by atoms with E-state index in [9.17, 15) is 147 Å². The highest BCUT2D eigenvalue weighted by Gasteiger charge is 2.62. The molecule has 0 aromatic rings. The van der Waals surface area contributed by atoms with Crippen LogP contribution >= 0.6 is 0 Å². The Balaban J connectivity index is 1.03. The van der Waals surface area contributed by atoms with Crippen LogP contribution in [0.5, 0.6) is 0 Å². The summed E-state index contributed by atoms with van der Waals surface area (Å²) in [4.78, 5) is 63.0. The van der Waals surface area contributed by atoms with Crippen LogP contribution < -0.4 is 21.3 Å². The Morgan fingerprint density at radius 1 is 0.381 bits per heavy atom. The van der Waals surface area contributed by atoms with Crippen LogP contribution in [-0.4, -0.2) is 488 Å². The maximum atomic E-state index is 13.1. The van der Waals surface area contributed by atoms with Crippen LogP contribution in [0.1, 0.15) is 48.0 Å². The fraction of sp³-hybridized carbons (Fsp3) is 0.925. The second-order valence-corrected chi connectivity index (χ2v) is 30.1. The smallest absolute Gasteiger partial charge is 0.332 e. The van der Waals surface area contributed by atoms with E-state index in [-0.39, 0.29) is 6.47 Å². The molecule has 9 fully saturated rings. The minimum atomic E-state index is -2.87. The highest BCUT2D eigenvalue weighted by molar-refractivity contribution is 5.74. The first-order valence-electron chi connectivity index (χ1n) is 37.9. The summed E-state index contributed by atoms with van der Waals surface area (Å²) in [5, 5.41) is 279. The summed E-state index contributed by atoms with van der Waals surface area (Å²) in [6.07, 6.45) is -82.7. The minimum Gasteiger partial charge on any atom is -0.410 e. The molecule has 9 aliphatic rings. The summed E-state index contributed by atoms with van der Waals surface area (Å²) < 4.78 is 107. The first kappa shape index (κ1) is 97.5. The van der Waals surface area contributed by atoms with Crippen LogP contribution in [0.25, 0.3) is 0 Å². The molecule has 9 saturated heterocycles. The average molecular weight is 1730 g/mol. The largest absolute Gasteiger partial charge is 0.410 e. The average Bonchev–Trinajstić information content (AvgIpc) is 0.757. The molecule has 9 aliphatic heterocycles. The van der Waals surface area contributed by atoms with Gasteiger partial charge >= 0.3 is 5.97 Å². The lowest BCUT2D eigenvalue weighted by Gasteiger charge is -2.51. The van der Waals surface area contributed by atoms with Gasteiger partial charge in [-0.2, -0.15) is 0 Å². The summed E-state index contributed by atoms with van der Waals surface area (Å²) in [5.74, 6) is -7.36. The minimum absolute atomic E-state index is 0.244. The van der Waals surface area contributed by atoms with Crippen molar-refractivity contribution >= 4 is 30.1 Å². The van der Waals surface area contributed by atoms with Gasteiger partial charge in [0.2, 0.25) is 23.6 Å². The third-order valence-corrected chi connectivity index (χ3v) is 21.9. The summed E-state index contributed by atoms with van der Waals surface area (Å²) in [7, 11) is 0. The van der Waals surface area contributed by atoms with E-state index in [2.05, 4.69) is 21.3 Å². The van der Waals surface area contributed by atoms with Crippen LogP contribution in [0.15, 0.2) is 0 Å². The molecule has 51 nitrogen and oxygen atoms in total. The number of hydrogen-bond acceptors (Lipinski definition) is 47. The molecule has 0 radical (unpaired) electrons. The van der Waals surface area contributed by atoms with E-state index in [1.807, 2.05) is 0 Å². The van der Waals surface area contributed by atoms with Gasteiger partial charge in [-0.3, -0.25) is 24.0 Å². The van der Waals surface area contributed by atoms with E-state index in [1.54, 1.807) is 0 Å². The van der Waals surface area contributed by atoms with Crippen LogP contribution in [-0.2, 0) is 109 Å². The van der Waals surface area contributed by atoms with Crippen molar-refractivity contribution in [2.24, 2.45) is 5.92 Å². The normalized spacial score (nSPS) is 47.5. The number of nitrogens with one attached hydrogen (secondary N) is 4. The topological polar surface area (TPSA) is 785 Å². The molecule has 0 aromatic heterocycles. The van der Waals surface area contributed by atoms with Gasteiger partial charge in [0.1, 0.15) is 201 Å². The Hall–Kier alpha value is -4.29. The van der Waals surface area contributed by atoms with E-state index >= 15 is 0 Å². The number of ether oxygens (including phenoxy) is 18. The van der Waals surface area contributed by atoms with Crippen molar-refractivity contribution in [3.8, 4) is 0 Å². The molecule has 9 heterocycles. The Kier molecular flexibility index (Phi) is 35.2. The summed E-state index contributed by atoms with van der Waals surface area (Å²) >= 11 is 0. The quantitative estimate of drug-likeness (QED) is 0.0214. The monoisotopic (exact) mass is 1720 g/mol. The fourth-order valence-corrected chi connectivity index (χ4v) is 15.5. The first-order chi connectivity index (χ1) is 55.8. The zero-order chi connectivity index (χ0) is 87.1. The number of aliphatic hydroxyl groups excluding tert-OH is 24. The molecular formula is C67H112N4O47. The second kappa shape index (κ2) is 42.6. The Morgan fingerprint density at radius 2 is 0.720 bits per heavy atom. The van der Waals surface area contributed by atoms with Crippen LogP contribution in [0.2, 0.25) is 0 Å². The zero-order valence-electron chi connectivity index (χ0n) is 64.3. The lowest BCUT2D eigenvalue weighted by molar-refractivity contribution is -0.448. The molecule has 51 heteroatoms. The standard InChI is InChI=1S/C67H112N4O47/c1-18-24(85)7-67(102-17-80,117-52(18)38(87)25(86)8-72)118-57-42(91)29(12-76)105-64(51(57)100)113-55-32(15-79)109-62(37(47(55)96)71-23(6)84)115-58-48(97)40(89)27(10-74)106-65(58)101-16-33-43(92)56(114-66-59(49(98)41(90)28(11-75)107-66)116-60-35(69-21(4)82)44(93)39(88)26(9-73)104-60)50(99)63(110-33)112-54-31(14-78)108-61(36(46(54)95)70-22(5)83)111-53-30(13-77)103-19(2)34(45(53)94)68-20(3)81/h17-19,24-66,72-79,85-100H,7-16H2,1-6H3,(H,68,81)(H,69,82)(H,70,83)(H,71,84)/t18-,19+,24-,25-,26?,27?,28?,29?,30?,31?,32+,33?,34?,35?,36?,37?,38?,39-,40-,41-,42+,43-,44-,45-,46-,47?,48+,49?,50?,51?,52?,53-,54-,55-,56+,57+,58?,59?,60+,61+,62?,63+,64+,65+,66-,67+/m1/s1. The van der Waals surface area contributed by atoms with Crippen molar-refractivity contribution in [2.75, 3.05) is 59.5 Å². The third-order valence-electron chi connectivity index (χ3n) is 21.9. The molecule has 4 amide bonds. The molecule has 0 aromatic carbocycles. The third kappa shape index (κ3) is 21.6. The molecule has 20 unspecified atom stereocenters. The first-order valence-corrected chi connectivity index (χ1v) is 37.9. The van der Waals surface area contributed by atoms with Crippen molar-refractivity contribution in [1.29, 1.82) is 0 Å². The Morgan fingerprint density at radius 3 is 1.17 bits per heavy atom. The van der Waals surface area contributed by atoms with Crippen molar-refractivity contribution in [2.45, 2.75) is 324 Å². The lowest BCUT2D eigenvalue weighted by Crippen LogP contribution is -2.70. The number of carbonyl (C=O) groups is 5. The molecule has 118 heavy (non-hydrogen) atoms. The predicted octanol–water partition coefficient (Wildman–Crippen LogP) is -18.5. The Labute approximate surface area is 670 Å². The summed E-state index contributed by atoms with van der Waals surface area (Å²) in [6, 6.07) is -6.87. The molecular weight excluding hydrogens is 1610 g/mol. The van der Waals surface area contributed by atoms with Gasteiger partial charge in [-0.05, 0) is 6.92 Å². The number of rotatable bonds is 33. The number of carbonyl (C=O) groups excluding carboxylic acids is 5. The predicted molar refractivity (Wildman–Crippen MR) is 367 cm³/mol. The fourth-order valence-electron chi connectivity index (χ4n) is 15.5. The van der Waals surface area contributed by atoms with Gasteiger partial charge in [-0.15, -0.1) is 0 Å². The zero-order valence-corrected chi connectivity index (χ0v) is 64.3. The van der Waals surface area contributed by atoms with E-state index in [0.717, 1.165) is 27.7 Å². The van der Waals surface area contributed by atoms with Gasteiger partial charge < -0.3 is 229 Å². The number of hydrogen-bond donors (Lipinski definition) is 28. The molecule has 28 N–H and O–H groups in total. The van der Waals surface area contributed by atoms with Crippen LogP contribution in [0, 0.1) is 5.92 Å². The van der Waals surface area contributed by atoms with Gasteiger partial charge in [-0.1, -0.05) is 6.92 Å². The Bertz CT molecular complexity index is 3180. The molecule has 0 aliphatic carbocycles. The molecule has 682 valence electrons. The van der Waals surface area contributed by atoms with Gasteiger partial charge in [0.25, 0.3) is 6.47 Å². The maximum Gasteiger partial charge on any atom is 0.332 e. The van der Waals surface area contributed by atoms with Gasteiger partial charge in [-0.25, -0.2) is 0 Å². The second-order valence-electron chi connectivity index (χ2n) is 30.1. The van der Waals surface area contributed by atoms with Crippen LogP contribution in [0.4, 0.5) is 0 Å². The molecule has 9 rings (SSSR count). The van der Waals surface area contributed by atoms with Gasteiger partial charge in [0.15, 0.2) is 44.0 Å². The van der Waals surface area contributed by atoms with Crippen molar-refractivity contribution in [3.63, 3.8) is 0 Å². The molecule has 46 atom stereocenters. The van der Waals surface area contributed by atoms with Crippen molar-refractivity contribution in [1.82, 2.24) is 21.3 Å². The van der Waals surface area contributed by atoms with E-state index in [1.165, 1.54) is 13.8 Å². The highest BCUT2D eigenvalue weighted by atomic mass is 16.9. The highest BCUT2D eigenvalue weighted by Crippen LogP contribution is 2.43. The van der Waals surface area contributed by atoms with Crippen molar-refractivity contribution < 1.29 is 232 Å². The molecule has 0 bridgehead atoms. The number of amides is 4. The SMILES string of the molecule is CC(=O)NC1C(OC2[C@@H](OCC3O[C@@H](O[C@@H]4C(CO)O[C@@H](O[C@@H]5C(CO)O[C@@H](C)C(NC(C)=O)[C@H]5O)C(NC(C)=O)[C@H]4O)C(O)[C@@H](O[C@H]4OC(CO)[C@@H](O)C(O)C4O[C@@H]4OC(CO)[C@@H](O)[C@H](O)C4NC(C)=O)[C@@H]3O)OC(CO)[C@@H](O)[C@@H]2O)O[C@@H](CO)[C@@H](O[C@@H]2OC(CO)[C@H](O)[C@H](O[C@]3(OC=O)C[C@@H](O)[C@@H](C)C(C(O)[C@H](O)CO)O3)C2O)C1O. The van der Waals surface area contributed by atoms with Crippen molar-refractivity contribution in [3.05, 3.63) is 0 Å². The maximum absolute atomic E-state index is 13.1. The van der Waals surface area contributed by atoms with Gasteiger partial charge in [0, 0.05) is 33.6 Å². The number of aliphatic hydroxyl groups is 24. The van der Waals surface area contributed by atoms with Crippen LogP contribution in [0.3, 0.4) is 0 Å². The van der Waals surface area contributed by atoms with E-state index in [0.29, 0.717) is 0 Å². The van der Waals surface area contributed by atoms with E-state index < -0.39 is 371 Å². The summed E-state index contributed by atoms with van der Waals surface area (Å²) in [6.45, 7) is -3.32. The summed E-state index contributed by atoms with van der Waals surface area (Å²) in [5.41, 5.74) is 0. The lowest BCUT2D eigenvalue weighted by atomic mass is 9.87.